The summed E-state index contributed by atoms with van der Waals surface area (Å²) in [5, 5.41) is 18.2. The van der Waals surface area contributed by atoms with Crippen LogP contribution in [0.3, 0.4) is 0 Å². The van der Waals surface area contributed by atoms with E-state index >= 15 is 0 Å². The highest BCUT2D eigenvalue weighted by Crippen LogP contribution is 2.21. The van der Waals surface area contributed by atoms with E-state index < -0.39 is 12.2 Å². The van der Waals surface area contributed by atoms with Crippen LogP contribution in [0.5, 0.6) is 0 Å². The Bertz CT molecular complexity index is 103. The molecule has 0 aromatic heterocycles. The molecule has 1 rings (SSSR count). The van der Waals surface area contributed by atoms with Crippen LogP contribution in [0, 0.1) is 0 Å². The van der Waals surface area contributed by atoms with E-state index in [1.807, 2.05) is 6.92 Å². The minimum atomic E-state index is -0.473. The summed E-state index contributed by atoms with van der Waals surface area (Å²) in [5.74, 6) is 0. The molecule has 1 aliphatic rings. The molecule has 0 radical (unpaired) electrons. The van der Waals surface area contributed by atoms with E-state index in [9.17, 15) is 5.11 Å². The number of hydrogen-bond donors (Lipinski definition) is 2. The lowest BCUT2D eigenvalue weighted by Crippen LogP contribution is -2.22. The Hall–Kier alpha value is -0.120. The van der Waals surface area contributed by atoms with Gasteiger partial charge in [-0.1, -0.05) is 0 Å². The van der Waals surface area contributed by atoms with Gasteiger partial charge in [0.05, 0.1) is 24.4 Å². The molecule has 3 heteroatoms. The fraction of sp³-hybridized carbons (Fsp3) is 1.00. The van der Waals surface area contributed by atoms with Crippen LogP contribution in [-0.2, 0) is 4.74 Å². The van der Waals surface area contributed by atoms with Gasteiger partial charge >= 0.3 is 0 Å². The van der Waals surface area contributed by atoms with Gasteiger partial charge in [0.2, 0.25) is 0 Å². The molecule has 0 saturated carbocycles. The number of rotatable bonds is 1. The predicted molar refractivity (Wildman–Crippen MR) is 36.6 cm³/mol. The quantitative estimate of drug-likeness (QED) is 0.543. The van der Waals surface area contributed by atoms with Crippen LogP contribution in [0.1, 0.15) is 20.3 Å². The zero-order chi connectivity index (χ0) is 7.72. The molecule has 1 heterocycles. The molecule has 0 bridgehead atoms. The zero-order valence-electron chi connectivity index (χ0n) is 6.32. The third-order valence-electron chi connectivity index (χ3n) is 1.94. The minimum Gasteiger partial charge on any atom is -0.391 e. The molecule has 3 nitrogen and oxygen atoms in total. The number of hydrogen-bond acceptors (Lipinski definition) is 3. The highest BCUT2D eigenvalue weighted by Gasteiger charge is 2.32. The molecule has 0 spiro atoms. The summed E-state index contributed by atoms with van der Waals surface area (Å²) in [6.45, 7) is 3.49. The third-order valence-corrected chi connectivity index (χ3v) is 1.94. The van der Waals surface area contributed by atoms with Crippen LogP contribution < -0.4 is 0 Å². The maximum Gasteiger partial charge on any atom is 0.0861 e. The summed E-state index contributed by atoms with van der Waals surface area (Å²) >= 11 is 0. The molecule has 0 aromatic carbocycles. The molecule has 4 atom stereocenters. The smallest absolute Gasteiger partial charge is 0.0861 e. The molecular formula is C7H14O3. The van der Waals surface area contributed by atoms with Crippen molar-refractivity contribution in [2.24, 2.45) is 0 Å². The summed E-state index contributed by atoms with van der Waals surface area (Å²) in [6.07, 6.45) is -0.623. The van der Waals surface area contributed by atoms with Crippen LogP contribution in [0.15, 0.2) is 0 Å². The van der Waals surface area contributed by atoms with Gasteiger partial charge in [0.1, 0.15) is 0 Å². The average Bonchev–Trinajstić information content (AvgIpc) is 2.13. The number of ether oxygens (including phenoxy) is 1. The van der Waals surface area contributed by atoms with E-state index in [0.29, 0.717) is 6.42 Å². The molecule has 60 valence electrons. The zero-order valence-corrected chi connectivity index (χ0v) is 6.32. The van der Waals surface area contributed by atoms with Crippen molar-refractivity contribution < 1.29 is 14.9 Å². The van der Waals surface area contributed by atoms with Crippen molar-refractivity contribution >= 4 is 0 Å². The van der Waals surface area contributed by atoms with Crippen LogP contribution in [-0.4, -0.2) is 34.6 Å². The van der Waals surface area contributed by atoms with Gasteiger partial charge < -0.3 is 14.9 Å². The standard InChI is InChI=1S/C7H14O3/c1-4(8)7-3-6(9)5(2)10-7/h4-9H,3H2,1-2H3. The van der Waals surface area contributed by atoms with Crippen LogP contribution in [0.2, 0.25) is 0 Å². The van der Waals surface area contributed by atoms with Gasteiger partial charge in [-0.05, 0) is 13.8 Å². The molecule has 2 N–H and O–H groups in total. The maximum absolute atomic E-state index is 9.18. The van der Waals surface area contributed by atoms with Gasteiger partial charge in [-0.25, -0.2) is 0 Å². The normalized spacial score (nSPS) is 43.8. The first-order valence-electron chi connectivity index (χ1n) is 3.63. The molecule has 1 aliphatic heterocycles. The Morgan fingerprint density at radius 3 is 2.40 bits per heavy atom. The predicted octanol–water partition coefficient (Wildman–Crippen LogP) is -0.0945. The van der Waals surface area contributed by atoms with Crippen LogP contribution in [0.4, 0.5) is 0 Å². The minimum absolute atomic E-state index is 0.125. The molecule has 0 aromatic rings. The Kier molecular flexibility index (Phi) is 2.28. The Morgan fingerprint density at radius 2 is 2.20 bits per heavy atom. The van der Waals surface area contributed by atoms with Gasteiger partial charge in [-0.2, -0.15) is 0 Å². The van der Waals surface area contributed by atoms with E-state index in [1.54, 1.807) is 6.92 Å². The average molecular weight is 146 g/mol. The van der Waals surface area contributed by atoms with Crippen molar-refractivity contribution in [3.8, 4) is 0 Å². The van der Waals surface area contributed by atoms with Crippen molar-refractivity contribution in [2.45, 2.75) is 44.7 Å². The van der Waals surface area contributed by atoms with Gasteiger partial charge in [0.25, 0.3) is 0 Å². The molecule has 10 heavy (non-hydrogen) atoms. The largest absolute Gasteiger partial charge is 0.391 e. The van der Waals surface area contributed by atoms with Crippen molar-refractivity contribution in [1.29, 1.82) is 0 Å². The first kappa shape index (κ1) is 7.98. The molecule has 0 aliphatic carbocycles. The molecule has 4 unspecified atom stereocenters. The fourth-order valence-corrected chi connectivity index (χ4v) is 1.16. The summed E-state index contributed by atoms with van der Waals surface area (Å²) in [7, 11) is 0. The lowest BCUT2D eigenvalue weighted by atomic mass is 10.1. The number of aliphatic hydroxyl groups excluding tert-OH is 2. The summed E-state index contributed by atoms with van der Waals surface area (Å²) < 4.78 is 5.23. The molecule has 0 amide bonds. The van der Waals surface area contributed by atoms with Gasteiger partial charge in [-0.15, -0.1) is 0 Å². The Morgan fingerprint density at radius 1 is 1.60 bits per heavy atom. The molecule has 1 fully saturated rings. The number of aliphatic hydroxyl groups is 2. The first-order chi connectivity index (χ1) is 4.61. The second-order valence-corrected chi connectivity index (χ2v) is 2.92. The van der Waals surface area contributed by atoms with Crippen molar-refractivity contribution in [3.05, 3.63) is 0 Å². The first-order valence-corrected chi connectivity index (χ1v) is 3.63. The monoisotopic (exact) mass is 146 g/mol. The van der Waals surface area contributed by atoms with Gasteiger partial charge in [-0.3, -0.25) is 0 Å². The van der Waals surface area contributed by atoms with Crippen molar-refractivity contribution in [2.75, 3.05) is 0 Å². The van der Waals surface area contributed by atoms with E-state index in [2.05, 4.69) is 0 Å². The van der Waals surface area contributed by atoms with E-state index in [-0.39, 0.29) is 12.2 Å². The van der Waals surface area contributed by atoms with Crippen molar-refractivity contribution in [3.63, 3.8) is 0 Å². The topological polar surface area (TPSA) is 49.7 Å². The maximum atomic E-state index is 9.18. The summed E-state index contributed by atoms with van der Waals surface area (Å²) in [4.78, 5) is 0. The van der Waals surface area contributed by atoms with Crippen molar-refractivity contribution in [1.82, 2.24) is 0 Å². The lowest BCUT2D eigenvalue weighted by molar-refractivity contribution is -0.0300. The second kappa shape index (κ2) is 2.86. The lowest BCUT2D eigenvalue weighted by Gasteiger charge is -2.12. The third kappa shape index (κ3) is 1.48. The molecular weight excluding hydrogens is 132 g/mol. The summed E-state index contributed by atoms with van der Waals surface area (Å²) in [6, 6.07) is 0. The Labute approximate surface area is 60.6 Å². The summed E-state index contributed by atoms with van der Waals surface area (Å²) in [5.41, 5.74) is 0. The highest BCUT2D eigenvalue weighted by molar-refractivity contribution is 4.81. The molecule has 1 saturated heterocycles. The fourth-order valence-electron chi connectivity index (χ4n) is 1.16. The van der Waals surface area contributed by atoms with Gasteiger partial charge in [0.15, 0.2) is 0 Å². The SMILES string of the molecule is CC(O)C1CC(O)C(C)O1. The second-order valence-electron chi connectivity index (χ2n) is 2.92. The van der Waals surface area contributed by atoms with E-state index in [1.165, 1.54) is 0 Å². The van der Waals surface area contributed by atoms with E-state index in [4.69, 9.17) is 9.84 Å². The highest BCUT2D eigenvalue weighted by atomic mass is 16.5. The van der Waals surface area contributed by atoms with Gasteiger partial charge in [0, 0.05) is 6.42 Å². The van der Waals surface area contributed by atoms with Crippen LogP contribution in [0.25, 0.3) is 0 Å². The van der Waals surface area contributed by atoms with E-state index in [0.717, 1.165) is 0 Å². The Balaban J connectivity index is 2.41. The van der Waals surface area contributed by atoms with Crippen LogP contribution >= 0.6 is 0 Å².